The lowest BCUT2D eigenvalue weighted by Crippen LogP contribution is -2.13. The van der Waals surface area contributed by atoms with Crippen molar-refractivity contribution in [3.8, 4) is 0 Å². The molecule has 0 aliphatic heterocycles. The van der Waals surface area contributed by atoms with Gasteiger partial charge in [-0.3, -0.25) is 4.98 Å². The molecule has 0 fully saturated rings. The van der Waals surface area contributed by atoms with Crippen molar-refractivity contribution >= 4 is 17.0 Å². The van der Waals surface area contributed by atoms with Gasteiger partial charge >= 0.3 is 0 Å². The Morgan fingerprint density at radius 1 is 1.12 bits per heavy atom. The lowest BCUT2D eigenvalue weighted by molar-refractivity contribution is 0.389. The van der Waals surface area contributed by atoms with Crippen LogP contribution in [0.3, 0.4) is 0 Å². The summed E-state index contributed by atoms with van der Waals surface area (Å²) in [7, 11) is 0. The molecule has 0 spiro atoms. The first-order valence-electron chi connectivity index (χ1n) is 5.86. The smallest absolute Gasteiger partial charge is 0.180 e. The van der Waals surface area contributed by atoms with Gasteiger partial charge in [0.1, 0.15) is 11.3 Å². The van der Waals surface area contributed by atoms with Crippen molar-refractivity contribution in [3.05, 3.63) is 24.5 Å². The molecule has 2 aromatic heterocycles. The topological polar surface area (TPSA) is 50.7 Å². The van der Waals surface area contributed by atoms with E-state index in [2.05, 4.69) is 41.0 Å². The van der Waals surface area contributed by atoms with Crippen LogP contribution in [-0.4, -0.2) is 21.5 Å². The third-order valence-electron chi connectivity index (χ3n) is 2.51. The molecule has 0 aliphatic carbocycles. The van der Waals surface area contributed by atoms with Gasteiger partial charge in [0.25, 0.3) is 0 Å². The highest BCUT2D eigenvalue weighted by atomic mass is 15.0. The van der Waals surface area contributed by atoms with E-state index in [4.69, 9.17) is 0 Å². The molecule has 0 amide bonds. The van der Waals surface area contributed by atoms with Crippen molar-refractivity contribution < 1.29 is 0 Å². The van der Waals surface area contributed by atoms with Crippen LogP contribution in [0.4, 0.5) is 5.82 Å². The van der Waals surface area contributed by atoms with Crippen molar-refractivity contribution in [1.29, 1.82) is 0 Å². The summed E-state index contributed by atoms with van der Waals surface area (Å²) in [6.07, 6.45) is 4.44. The van der Waals surface area contributed by atoms with E-state index in [0.717, 1.165) is 24.3 Å². The summed E-state index contributed by atoms with van der Waals surface area (Å²) in [6.45, 7) is 7.61. The lowest BCUT2D eigenvalue weighted by Gasteiger charge is -2.18. The van der Waals surface area contributed by atoms with E-state index in [1.165, 1.54) is 0 Å². The maximum absolute atomic E-state index is 4.41. The van der Waals surface area contributed by atoms with E-state index >= 15 is 0 Å². The molecule has 2 aromatic rings. The molecule has 0 saturated heterocycles. The molecule has 90 valence electrons. The van der Waals surface area contributed by atoms with Crippen LogP contribution in [0.5, 0.6) is 0 Å². The van der Waals surface area contributed by atoms with E-state index in [1.54, 1.807) is 12.4 Å². The zero-order valence-corrected chi connectivity index (χ0v) is 10.6. The summed E-state index contributed by atoms with van der Waals surface area (Å²) in [6, 6.07) is 3.88. The minimum absolute atomic E-state index is 0.337. The Labute approximate surface area is 102 Å². The highest BCUT2D eigenvalue weighted by Crippen LogP contribution is 2.18. The lowest BCUT2D eigenvalue weighted by atomic mass is 9.92. The number of fused-ring (bicyclic) bond motifs is 1. The number of hydrogen-bond donors (Lipinski definition) is 1. The quantitative estimate of drug-likeness (QED) is 0.880. The fourth-order valence-electron chi connectivity index (χ4n) is 1.52. The summed E-state index contributed by atoms with van der Waals surface area (Å²) < 4.78 is 0. The van der Waals surface area contributed by atoms with Crippen molar-refractivity contribution in [3.63, 3.8) is 0 Å². The zero-order chi connectivity index (χ0) is 12.3. The van der Waals surface area contributed by atoms with Crippen molar-refractivity contribution in [1.82, 2.24) is 15.0 Å². The monoisotopic (exact) mass is 230 g/mol. The summed E-state index contributed by atoms with van der Waals surface area (Å²) in [5.41, 5.74) is 1.85. The molecule has 0 aliphatic rings. The number of pyridine rings is 1. The fourth-order valence-corrected chi connectivity index (χ4v) is 1.52. The highest BCUT2D eigenvalue weighted by Gasteiger charge is 2.09. The number of hydrogen-bond acceptors (Lipinski definition) is 4. The predicted molar refractivity (Wildman–Crippen MR) is 69.9 cm³/mol. The standard InChI is InChI=1S/C13H18N4/c1-13(2,3)6-7-15-11-5-4-10-12(17-11)16-9-8-14-10/h4-5,8-9H,6-7H2,1-3H3,(H,15,16,17). The Kier molecular flexibility index (Phi) is 3.22. The maximum Gasteiger partial charge on any atom is 0.180 e. The molecule has 4 heteroatoms. The fraction of sp³-hybridized carbons (Fsp3) is 0.462. The van der Waals surface area contributed by atoms with Gasteiger partial charge in [0.2, 0.25) is 0 Å². The molecule has 4 nitrogen and oxygen atoms in total. The predicted octanol–water partition coefficient (Wildman–Crippen LogP) is 2.87. The molecule has 0 saturated carbocycles. The second-order valence-electron chi connectivity index (χ2n) is 5.33. The second-order valence-corrected chi connectivity index (χ2v) is 5.33. The molecule has 0 unspecified atom stereocenters. The average molecular weight is 230 g/mol. The van der Waals surface area contributed by atoms with Crippen LogP contribution in [0.2, 0.25) is 0 Å². The van der Waals surface area contributed by atoms with Gasteiger partial charge in [0.15, 0.2) is 5.65 Å². The SMILES string of the molecule is CC(C)(C)CCNc1ccc2nccnc2n1. The largest absolute Gasteiger partial charge is 0.370 e. The van der Waals surface area contributed by atoms with Crippen LogP contribution in [-0.2, 0) is 0 Å². The molecule has 2 heterocycles. The van der Waals surface area contributed by atoms with Gasteiger partial charge in [-0.2, -0.15) is 0 Å². The zero-order valence-electron chi connectivity index (χ0n) is 10.6. The summed E-state index contributed by atoms with van der Waals surface area (Å²) in [5.74, 6) is 0.863. The van der Waals surface area contributed by atoms with Gasteiger partial charge in [-0.1, -0.05) is 20.8 Å². The average Bonchev–Trinajstić information content (AvgIpc) is 2.27. The second kappa shape index (κ2) is 4.65. The van der Waals surface area contributed by atoms with Gasteiger partial charge < -0.3 is 5.32 Å². The summed E-state index contributed by atoms with van der Waals surface area (Å²) in [5, 5.41) is 3.31. The van der Waals surface area contributed by atoms with Gasteiger partial charge in [-0.05, 0) is 24.0 Å². The Morgan fingerprint density at radius 2 is 1.88 bits per heavy atom. The van der Waals surface area contributed by atoms with Gasteiger partial charge in [0.05, 0.1) is 0 Å². The maximum atomic E-state index is 4.41. The molecular weight excluding hydrogens is 212 g/mol. The number of nitrogens with zero attached hydrogens (tertiary/aromatic N) is 3. The van der Waals surface area contributed by atoms with Crippen LogP contribution in [0.25, 0.3) is 11.2 Å². The minimum atomic E-state index is 0.337. The Balaban J connectivity index is 2.04. The molecule has 1 N–H and O–H groups in total. The molecular formula is C13H18N4. The van der Waals surface area contributed by atoms with Crippen molar-refractivity contribution in [2.75, 3.05) is 11.9 Å². The summed E-state index contributed by atoms with van der Waals surface area (Å²) >= 11 is 0. The number of nitrogens with one attached hydrogen (secondary N) is 1. The first kappa shape index (κ1) is 11.8. The van der Waals surface area contributed by atoms with Crippen LogP contribution in [0.1, 0.15) is 27.2 Å². The van der Waals surface area contributed by atoms with E-state index in [9.17, 15) is 0 Å². The molecule has 0 aromatic carbocycles. The van der Waals surface area contributed by atoms with Crippen LogP contribution < -0.4 is 5.32 Å². The number of anilines is 1. The van der Waals surface area contributed by atoms with E-state index in [0.29, 0.717) is 11.1 Å². The normalized spacial score (nSPS) is 11.7. The third kappa shape index (κ3) is 3.37. The molecule has 0 bridgehead atoms. The Bertz CT molecular complexity index is 502. The van der Waals surface area contributed by atoms with Gasteiger partial charge in [0, 0.05) is 18.9 Å². The third-order valence-corrected chi connectivity index (χ3v) is 2.51. The van der Waals surface area contributed by atoms with E-state index in [-0.39, 0.29) is 0 Å². The van der Waals surface area contributed by atoms with E-state index in [1.807, 2.05) is 12.1 Å². The Hall–Kier alpha value is -1.71. The summed E-state index contributed by atoms with van der Waals surface area (Å²) in [4.78, 5) is 12.8. The highest BCUT2D eigenvalue weighted by molar-refractivity contribution is 5.71. The first-order chi connectivity index (χ1) is 8.04. The van der Waals surface area contributed by atoms with Gasteiger partial charge in [-0.15, -0.1) is 0 Å². The van der Waals surface area contributed by atoms with E-state index < -0.39 is 0 Å². The van der Waals surface area contributed by atoms with Crippen molar-refractivity contribution in [2.24, 2.45) is 5.41 Å². The first-order valence-corrected chi connectivity index (χ1v) is 5.86. The molecule has 2 rings (SSSR count). The molecule has 17 heavy (non-hydrogen) atoms. The molecule has 0 radical (unpaired) electrons. The van der Waals surface area contributed by atoms with Gasteiger partial charge in [-0.25, -0.2) is 9.97 Å². The van der Waals surface area contributed by atoms with Crippen molar-refractivity contribution in [2.45, 2.75) is 27.2 Å². The molecule has 0 atom stereocenters. The Morgan fingerprint density at radius 3 is 2.65 bits per heavy atom. The van der Waals surface area contributed by atoms with Crippen LogP contribution >= 0.6 is 0 Å². The number of rotatable bonds is 3. The van der Waals surface area contributed by atoms with Crippen LogP contribution in [0, 0.1) is 5.41 Å². The van der Waals surface area contributed by atoms with Crippen LogP contribution in [0.15, 0.2) is 24.5 Å². The number of aromatic nitrogens is 3. The minimum Gasteiger partial charge on any atom is -0.370 e.